The molecule has 0 heterocycles. The maximum absolute atomic E-state index is 12.9. The van der Waals surface area contributed by atoms with Gasteiger partial charge in [-0.15, -0.1) is 0 Å². The van der Waals surface area contributed by atoms with E-state index in [1.165, 1.54) is 0 Å². The van der Waals surface area contributed by atoms with Gasteiger partial charge in [-0.2, -0.15) is 0 Å². The van der Waals surface area contributed by atoms with Crippen LogP contribution in [0.15, 0.2) is 41.3 Å². The van der Waals surface area contributed by atoms with E-state index in [1.807, 2.05) is 43.3 Å². The molecule has 0 bridgehead atoms. The van der Waals surface area contributed by atoms with Crippen molar-refractivity contribution >= 4 is 35.3 Å². The van der Waals surface area contributed by atoms with Gasteiger partial charge in [0.15, 0.2) is 0 Å². The third kappa shape index (κ3) is 4.87. The summed E-state index contributed by atoms with van der Waals surface area (Å²) in [6.45, 7) is 0.275. The van der Waals surface area contributed by atoms with E-state index in [0.29, 0.717) is 17.9 Å². The molecule has 0 amide bonds. The summed E-state index contributed by atoms with van der Waals surface area (Å²) in [5.41, 5.74) is 0.973. The topological polar surface area (TPSA) is 77.1 Å². The molecule has 0 saturated heterocycles. The summed E-state index contributed by atoms with van der Waals surface area (Å²) >= 11 is 0. The van der Waals surface area contributed by atoms with Gasteiger partial charge in [0.25, 0.3) is 0 Å². The molecule has 1 N–H and O–H groups in total. The van der Waals surface area contributed by atoms with Crippen molar-refractivity contribution in [3.05, 3.63) is 36.4 Å². The van der Waals surface area contributed by atoms with Gasteiger partial charge >= 0.3 is 8.80 Å². The molecule has 0 unspecified atom stereocenters. The average molecular weight is 413 g/mol. The van der Waals surface area contributed by atoms with E-state index in [4.69, 9.17) is 13.3 Å². The van der Waals surface area contributed by atoms with Crippen molar-refractivity contribution in [2.75, 3.05) is 46.9 Å². The van der Waals surface area contributed by atoms with Crippen LogP contribution >= 0.6 is 0 Å². The fourth-order valence-electron chi connectivity index (χ4n) is 3.03. The van der Waals surface area contributed by atoms with Gasteiger partial charge in [-0.25, -0.2) is 13.1 Å². The third-order valence-electron chi connectivity index (χ3n) is 4.52. The molecular formula is C18H28N2O5SSi. The van der Waals surface area contributed by atoms with Gasteiger partial charge in [-0.05, 0) is 18.6 Å². The summed E-state index contributed by atoms with van der Waals surface area (Å²) in [5, 5.41) is 1.60. The molecule has 9 heteroatoms. The summed E-state index contributed by atoms with van der Waals surface area (Å²) in [7, 11) is 2.16. The number of nitrogens with zero attached hydrogens (tertiary/aromatic N) is 1. The van der Waals surface area contributed by atoms with Crippen molar-refractivity contribution < 1.29 is 21.7 Å². The Kier molecular flexibility index (Phi) is 7.37. The number of sulfonamides is 1. The molecule has 0 atom stereocenters. The Balaban J connectivity index is 2.19. The van der Waals surface area contributed by atoms with Crippen LogP contribution in [0.4, 0.5) is 5.69 Å². The first-order chi connectivity index (χ1) is 12.8. The van der Waals surface area contributed by atoms with Crippen LogP contribution in [-0.4, -0.2) is 59.2 Å². The average Bonchev–Trinajstić information content (AvgIpc) is 2.67. The second kappa shape index (κ2) is 9.13. The first-order valence-corrected chi connectivity index (χ1v) is 12.1. The molecule has 27 heavy (non-hydrogen) atoms. The Labute approximate surface area is 162 Å². The molecule has 2 rings (SSSR count). The lowest BCUT2D eigenvalue weighted by molar-refractivity contribution is 0.123. The van der Waals surface area contributed by atoms with Gasteiger partial charge in [0, 0.05) is 64.5 Å². The van der Waals surface area contributed by atoms with Crippen LogP contribution in [0.5, 0.6) is 0 Å². The first kappa shape index (κ1) is 21.8. The zero-order chi connectivity index (χ0) is 20.1. The zero-order valence-corrected chi connectivity index (χ0v) is 18.3. The molecule has 0 radical (unpaired) electrons. The third-order valence-corrected chi connectivity index (χ3v) is 8.87. The fraction of sp³-hybridized carbons (Fsp3) is 0.444. The predicted octanol–water partition coefficient (Wildman–Crippen LogP) is 2.45. The first-order valence-electron chi connectivity index (χ1n) is 8.64. The smallest absolute Gasteiger partial charge is 0.377 e. The van der Waals surface area contributed by atoms with Crippen molar-refractivity contribution in [1.29, 1.82) is 0 Å². The standard InChI is InChI=1S/C18H28N2O5SSi/c1-20(2)17-11-6-10-16-15(17)9-7-12-18(16)26(21,22)19-13-8-14-27(23-3,24-4)25-5/h6-7,9-12,19H,8,13-14H2,1-5H3. The van der Waals surface area contributed by atoms with Gasteiger partial charge in [0.05, 0.1) is 4.90 Å². The quantitative estimate of drug-likeness (QED) is 0.477. The molecule has 0 aliphatic carbocycles. The van der Waals surface area contributed by atoms with Gasteiger partial charge < -0.3 is 18.2 Å². The molecule has 2 aromatic rings. The summed E-state index contributed by atoms with van der Waals surface area (Å²) in [4.78, 5) is 2.24. The molecule has 0 spiro atoms. The number of anilines is 1. The lowest BCUT2D eigenvalue weighted by Gasteiger charge is -2.24. The van der Waals surface area contributed by atoms with Crippen molar-refractivity contribution in [1.82, 2.24) is 4.72 Å². The second-order valence-electron chi connectivity index (χ2n) is 6.32. The second-order valence-corrected chi connectivity index (χ2v) is 11.1. The normalized spacial score (nSPS) is 12.5. The van der Waals surface area contributed by atoms with Crippen LogP contribution in [0.2, 0.25) is 6.04 Å². The molecule has 2 aromatic carbocycles. The Hall–Kier alpha value is -1.49. The molecule has 0 aromatic heterocycles. The van der Waals surface area contributed by atoms with Crippen LogP contribution in [0.1, 0.15) is 6.42 Å². The lowest BCUT2D eigenvalue weighted by Crippen LogP contribution is -2.43. The Morgan fingerprint density at radius 2 is 1.56 bits per heavy atom. The Morgan fingerprint density at radius 1 is 0.963 bits per heavy atom. The summed E-state index contributed by atoms with van der Waals surface area (Å²) in [6.07, 6.45) is 0.550. The predicted molar refractivity (Wildman–Crippen MR) is 110 cm³/mol. The van der Waals surface area contributed by atoms with Crippen LogP contribution in [0.3, 0.4) is 0 Å². The number of fused-ring (bicyclic) bond motifs is 1. The van der Waals surface area contributed by atoms with Gasteiger partial charge in [-0.1, -0.05) is 24.3 Å². The van der Waals surface area contributed by atoms with E-state index in [9.17, 15) is 8.42 Å². The highest BCUT2D eigenvalue weighted by molar-refractivity contribution is 7.89. The molecule has 0 aliphatic heterocycles. The molecule has 0 fully saturated rings. The lowest BCUT2D eigenvalue weighted by atomic mass is 10.1. The van der Waals surface area contributed by atoms with Crippen molar-refractivity contribution in [3.8, 4) is 0 Å². The maximum atomic E-state index is 12.9. The van der Waals surface area contributed by atoms with E-state index in [1.54, 1.807) is 33.5 Å². The SMILES string of the molecule is CO[Si](CCCNS(=O)(=O)c1cccc2c(N(C)C)cccc12)(OC)OC. The van der Waals surface area contributed by atoms with Crippen LogP contribution in [0, 0.1) is 0 Å². The molecular weight excluding hydrogens is 384 g/mol. The monoisotopic (exact) mass is 412 g/mol. The maximum Gasteiger partial charge on any atom is 0.500 e. The van der Waals surface area contributed by atoms with Crippen molar-refractivity contribution in [3.63, 3.8) is 0 Å². The minimum atomic E-state index is -3.64. The van der Waals surface area contributed by atoms with Crippen LogP contribution in [0.25, 0.3) is 10.8 Å². The van der Waals surface area contributed by atoms with Crippen LogP contribution < -0.4 is 9.62 Å². The highest BCUT2D eigenvalue weighted by Crippen LogP contribution is 2.30. The van der Waals surface area contributed by atoms with Gasteiger partial charge in [-0.3, -0.25) is 0 Å². The van der Waals surface area contributed by atoms with E-state index in [-0.39, 0.29) is 11.4 Å². The number of hydrogen-bond donors (Lipinski definition) is 1. The highest BCUT2D eigenvalue weighted by Gasteiger charge is 2.37. The minimum Gasteiger partial charge on any atom is -0.377 e. The van der Waals surface area contributed by atoms with Crippen molar-refractivity contribution in [2.45, 2.75) is 17.4 Å². The number of hydrogen-bond acceptors (Lipinski definition) is 6. The molecule has 0 saturated carbocycles. The number of benzene rings is 2. The minimum absolute atomic E-state index is 0.275. The number of rotatable bonds is 10. The van der Waals surface area contributed by atoms with E-state index >= 15 is 0 Å². The van der Waals surface area contributed by atoms with E-state index < -0.39 is 18.8 Å². The van der Waals surface area contributed by atoms with Gasteiger partial charge in [0.1, 0.15) is 0 Å². The zero-order valence-electron chi connectivity index (χ0n) is 16.5. The van der Waals surface area contributed by atoms with E-state index in [2.05, 4.69) is 4.72 Å². The summed E-state index contributed by atoms with van der Waals surface area (Å²) in [6, 6.07) is 11.5. The molecule has 7 nitrogen and oxygen atoms in total. The Morgan fingerprint density at radius 3 is 2.15 bits per heavy atom. The number of nitrogens with one attached hydrogen (secondary N) is 1. The molecule has 0 aliphatic rings. The fourth-order valence-corrected chi connectivity index (χ4v) is 6.05. The highest BCUT2D eigenvalue weighted by atomic mass is 32.2. The van der Waals surface area contributed by atoms with Crippen LogP contribution in [-0.2, 0) is 23.3 Å². The summed E-state index contributed by atoms with van der Waals surface area (Å²) < 4.78 is 44.5. The van der Waals surface area contributed by atoms with E-state index in [0.717, 1.165) is 11.1 Å². The largest absolute Gasteiger partial charge is 0.500 e. The van der Waals surface area contributed by atoms with Gasteiger partial charge in [0.2, 0.25) is 10.0 Å². The van der Waals surface area contributed by atoms with Crippen molar-refractivity contribution in [2.24, 2.45) is 0 Å². The summed E-state index contributed by atoms with van der Waals surface area (Å²) in [5.74, 6) is 0. The molecule has 150 valence electrons. The Bertz CT molecular complexity index is 861.